The minimum Gasteiger partial charge on any atom is -0.469 e. The van der Waals surface area contributed by atoms with Gasteiger partial charge >= 0.3 is 5.97 Å². The van der Waals surface area contributed by atoms with Crippen LogP contribution in [0.3, 0.4) is 0 Å². The highest BCUT2D eigenvalue weighted by molar-refractivity contribution is 6.03. The number of carbonyl (C=O) groups is 2. The Kier molecular flexibility index (Phi) is 8.75. The average Bonchev–Trinajstić information content (AvgIpc) is 3.06. The number of hydrogen-bond acceptors (Lipinski definition) is 5. The van der Waals surface area contributed by atoms with Gasteiger partial charge in [0.15, 0.2) is 0 Å². The first-order valence-electron chi connectivity index (χ1n) is 9.70. The van der Waals surface area contributed by atoms with Crippen LogP contribution in [0.25, 0.3) is 6.08 Å². The van der Waals surface area contributed by atoms with Gasteiger partial charge in [-0.05, 0) is 30.9 Å². The molecule has 0 spiro atoms. The summed E-state index contributed by atoms with van der Waals surface area (Å²) >= 11 is 0. The van der Waals surface area contributed by atoms with Crippen molar-refractivity contribution in [1.82, 2.24) is 0 Å². The summed E-state index contributed by atoms with van der Waals surface area (Å²) in [6, 6.07) is 9.83. The third kappa shape index (κ3) is 6.66. The normalized spacial score (nSPS) is 20.3. The number of rotatable bonds is 10. The summed E-state index contributed by atoms with van der Waals surface area (Å²) in [4.78, 5) is 23.4. The molecule has 1 aliphatic rings. The number of carbonyl (C=O) groups excluding carboxylic acids is 2. The first kappa shape index (κ1) is 20.9. The second kappa shape index (κ2) is 11.3. The molecule has 27 heavy (non-hydrogen) atoms. The van der Waals surface area contributed by atoms with Crippen molar-refractivity contribution in [2.24, 2.45) is 17.0 Å². The number of oxime groups is 1. The van der Waals surface area contributed by atoms with Crippen molar-refractivity contribution in [1.29, 1.82) is 0 Å². The van der Waals surface area contributed by atoms with E-state index in [1.54, 1.807) is 0 Å². The van der Waals surface area contributed by atoms with Crippen LogP contribution < -0.4 is 0 Å². The van der Waals surface area contributed by atoms with E-state index in [4.69, 9.17) is 0 Å². The van der Waals surface area contributed by atoms with Crippen LogP contribution in [0.2, 0.25) is 0 Å². The summed E-state index contributed by atoms with van der Waals surface area (Å²) in [5.41, 5.74) is 1.62. The molecule has 2 unspecified atom stereocenters. The monoisotopic (exact) mass is 371 g/mol. The number of esters is 1. The highest BCUT2D eigenvalue weighted by Gasteiger charge is 2.36. The van der Waals surface area contributed by atoms with E-state index in [1.807, 2.05) is 42.5 Å². The maximum Gasteiger partial charge on any atom is 0.305 e. The molecule has 0 saturated heterocycles. The predicted molar refractivity (Wildman–Crippen MR) is 106 cm³/mol. The van der Waals surface area contributed by atoms with Crippen molar-refractivity contribution in [3.05, 3.63) is 42.0 Å². The lowest BCUT2D eigenvalue weighted by molar-refractivity contribution is -0.140. The molecule has 5 nitrogen and oxygen atoms in total. The second-order valence-electron chi connectivity index (χ2n) is 7.02. The van der Waals surface area contributed by atoms with Gasteiger partial charge in [-0.3, -0.25) is 9.59 Å². The number of methoxy groups -OCH3 is 1. The number of Topliss-reactive ketones (excluding diaryl/α,β-unsaturated/α-hetero) is 1. The van der Waals surface area contributed by atoms with Crippen LogP contribution in [0.4, 0.5) is 0 Å². The fourth-order valence-electron chi connectivity index (χ4n) is 3.69. The molecule has 1 fully saturated rings. The van der Waals surface area contributed by atoms with Crippen molar-refractivity contribution < 1.29 is 19.5 Å². The quantitative estimate of drug-likeness (QED) is 0.214. The lowest BCUT2D eigenvalue weighted by atomic mass is 9.86. The van der Waals surface area contributed by atoms with Gasteiger partial charge < -0.3 is 9.94 Å². The number of unbranched alkanes of at least 4 members (excludes halogenated alkanes) is 3. The topological polar surface area (TPSA) is 76.0 Å². The van der Waals surface area contributed by atoms with Crippen molar-refractivity contribution in [2.75, 3.05) is 7.11 Å². The van der Waals surface area contributed by atoms with Gasteiger partial charge in [0.05, 0.1) is 12.8 Å². The van der Waals surface area contributed by atoms with Gasteiger partial charge in [0.2, 0.25) is 0 Å². The van der Waals surface area contributed by atoms with E-state index in [1.165, 1.54) is 7.11 Å². The molecule has 0 aromatic heterocycles. The molecule has 146 valence electrons. The molecule has 0 aliphatic heterocycles. The molecule has 0 bridgehead atoms. The molecule has 1 aliphatic carbocycles. The number of nitrogens with zero attached hydrogens (tertiary/aromatic N) is 1. The Morgan fingerprint density at radius 3 is 2.67 bits per heavy atom. The van der Waals surface area contributed by atoms with E-state index >= 15 is 0 Å². The van der Waals surface area contributed by atoms with E-state index in [0.29, 0.717) is 18.6 Å². The second-order valence-corrected chi connectivity index (χ2v) is 7.02. The zero-order valence-electron chi connectivity index (χ0n) is 16.0. The molecular formula is C22H29NO4. The lowest BCUT2D eigenvalue weighted by Gasteiger charge is -2.17. The zero-order valence-corrected chi connectivity index (χ0v) is 16.0. The Morgan fingerprint density at radius 2 is 1.96 bits per heavy atom. The van der Waals surface area contributed by atoms with Gasteiger partial charge in [-0.1, -0.05) is 60.8 Å². The van der Waals surface area contributed by atoms with Gasteiger partial charge in [-0.25, -0.2) is 0 Å². The molecule has 1 saturated carbocycles. The Hall–Kier alpha value is -2.43. The Bertz CT molecular complexity index is 666. The number of ether oxygens (including phenoxy) is 1. The number of hydrogen-bond donors (Lipinski definition) is 1. The highest BCUT2D eigenvalue weighted by Crippen LogP contribution is 2.34. The minimum atomic E-state index is -0.171. The molecule has 2 rings (SSSR count). The Morgan fingerprint density at radius 1 is 1.22 bits per heavy atom. The SMILES string of the molecule is COC(=O)CCCCCCC1C(=O)CCC1C(/C=C/c1ccccc1)=N\O. The fourth-order valence-corrected chi connectivity index (χ4v) is 3.69. The third-order valence-corrected chi connectivity index (χ3v) is 5.22. The molecule has 1 aromatic carbocycles. The molecule has 5 heteroatoms. The summed E-state index contributed by atoms with van der Waals surface area (Å²) < 4.78 is 4.63. The van der Waals surface area contributed by atoms with Gasteiger partial charge in [-0.2, -0.15) is 0 Å². The van der Waals surface area contributed by atoms with E-state index in [0.717, 1.165) is 44.1 Å². The highest BCUT2D eigenvalue weighted by atomic mass is 16.5. The van der Waals surface area contributed by atoms with Gasteiger partial charge in [0, 0.05) is 24.7 Å². The van der Waals surface area contributed by atoms with Crippen LogP contribution in [-0.2, 0) is 14.3 Å². The molecule has 0 radical (unpaired) electrons. The summed E-state index contributed by atoms with van der Waals surface area (Å²) in [6.45, 7) is 0. The Balaban J connectivity index is 1.84. The molecule has 0 heterocycles. The molecule has 0 amide bonds. The van der Waals surface area contributed by atoms with Gasteiger partial charge in [0.1, 0.15) is 5.78 Å². The molecule has 1 N–H and O–H groups in total. The molecule has 1 aromatic rings. The minimum absolute atomic E-state index is 0.0162. The number of benzene rings is 1. The van der Waals surface area contributed by atoms with Crippen LogP contribution >= 0.6 is 0 Å². The summed E-state index contributed by atoms with van der Waals surface area (Å²) in [6.07, 6.45) is 9.98. The van der Waals surface area contributed by atoms with Crippen LogP contribution in [0.15, 0.2) is 41.6 Å². The summed E-state index contributed by atoms with van der Waals surface area (Å²) in [5.74, 6) is 0.00770. The average molecular weight is 371 g/mol. The Labute approximate surface area is 161 Å². The fraction of sp³-hybridized carbons (Fsp3) is 0.500. The van der Waals surface area contributed by atoms with Crippen LogP contribution in [0.5, 0.6) is 0 Å². The predicted octanol–water partition coefficient (Wildman–Crippen LogP) is 4.64. The maximum absolute atomic E-state index is 12.3. The number of allylic oxidation sites excluding steroid dienone is 1. The largest absolute Gasteiger partial charge is 0.469 e. The standard InChI is InChI=1S/C22H29NO4/c1-27-22(25)12-8-3-2-7-11-19-18(14-16-21(19)24)20(23-26)15-13-17-9-5-4-6-10-17/h4-6,9-10,13,15,18-19,26H,2-3,7-8,11-12,14,16H2,1H3/b15-13+,23-20-. The zero-order chi connectivity index (χ0) is 19.5. The maximum atomic E-state index is 12.3. The summed E-state index contributed by atoms with van der Waals surface area (Å²) in [7, 11) is 1.40. The first-order chi connectivity index (χ1) is 13.2. The van der Waals surface area contributed by atoms with Crippen molar-refractivity contribution in [2.45, 2.75) is 51.4 Å². The smallest absolute Gasteiger partial charge is 0.305 e. The van der Waals surface area contributed by atoms with Gasteiger partial charge in [-0.15, -0.1) is 0 Å². The van der Waals surface area contributed by atoms with Crippen molar-refractivity contribution in [3.63, 3.8) is 0 Å². The van der Waals surface area contributed by atoms with Gasteiger partial charge in [0.25, 0.3) is 0 Å². The first-order valence-corrected chi connectivity index (χ1v) is 9.70. The van der Waals surface area contributed by atoms with Crippen LogP contribution in [0.1, 0.15) is 56.9 Å². The number of ketones is 1. The van der Waals surface area contributed by atoms with Crippen molar-refractivity contribution in [3.8, 4) is 0 Å². The molecular weight excluding hydrogens is 342 g/mol. The van der Waals surface area contributed by atoms with E-state index < -0.39 is 0 Å². The lowest BCUT2D eigenvalue weighted by Crippen LogP contribution is -2.21. The third-order valence-electron chi connectivity index (χ3n) is 5.22. The van der Waals surface area contributed by atoms with E-state index in [9.17, 15) is 14.8 Å². The van der Waals surface area contributed by atoms with Crippen molar-refractivity contribution >= 4 is 23.5 Å². The molecule has 2 atom stereocenters. The summed E-state index contributed by atoms with van der Waals surface area (Å²) in [5, 5.41) is 12.9. The van der Waals surface area contributed by atoms with E-state index in [2.05, 4.69) is 9.89 Å². The van der Waals surface area contributed by atoms with Crippen LogP contribution in [0, 0.1) is 11.8 Å². The van der Waals surface area contributed by atoms with E-state index in [-0.39, 0.29) is 23.6 Å². The van der Waals surface area contributed by atoms with Crippen LogP contribution in [-0.4, -0.2) is 29.8 Å².